The van der Waals surface area contributed by atoms with Gasteiger partial charge in [-0.25, -0.2) is 14.5 Å². The van der Waals surface area contributed by atoms with Crippen molar-refractivity contribution in [2.75, 3.05) is 12.8 Å². The number of methoxy groups -OCH3 is 1. The van der Waals surface area contributed by atoms with Crippen molar-refractivity contribution >= 4 is 11.7 Å². The maximum Gasteiger partial charge on any atom is 0.337 e. The van der Waals surface area contributed by atoms with Crippen LogP contribution in [0.2, 0.25) is 0 Å². The Morgan fingerprint density at radius 1 is 1.35 bits per heavy atom. The number of aromatic nitrogens is 3. The van der Waals surface area contributed by atoms with Crippen molar-refractivity contribution in [3.8, 4) is 5.69 Å². The van der Waals surface area contributed by atoms with E-state index in [1.807, 2.05) is 13.8 Å². The summed E-state index contributed by atoms with van der Waals surface area (Å²) in [6.07, 6.45) is 1.48. The highest BCUT2D eigenvalue weighted by molar-refractivity contribution is 5.91. The number of hydrogen-bond donors (Lipinski definition) is 1. The summed E-state index contributed by atoms with van der Waals surface area (Å²) in [5.74, 6) is 1.17. The monoisotopic (exact) mass is 274 g/mol. The van der Waals surface area contributed by atoms with Gasteiger partial charge < -0.3 is 10.5 Å². The van der Waals surface area contributed by atoms with Gasteiger partial charge in [0, 0.05) is 12.8 Å². The molecule has 0 unspecified atom stereocenters. The van der Waals surface area contributed by atoms with Crippen LogP contribution in [0.3, 0.4) is 0 Å². The van der Waals surface area contributed by atoms with Crippen LogP contribution in [0.4, 0.5) is 5.69 Å². The van der Waals surface area contributed by atoms with Crippen molar-refractivity contribution < 1.29 is 9.53 Å². The fourth-order valence-corrected chi connectivity index (χ4v) is 1.94. The van der Waals surface area contributed by atoms with E-state index in [0.29, 0.717) is 16.9 Å². The van der Waals surface area contributed by atoms with Crippen LogP contribution in [0.15, 0.2) is 18.2 Å². The molecule has 0 atom stereocenters. The van der Waals surface area contributed by atoms with Gasteiger partial charge in [-0.15, -0.1) is 0 Å². The molecule has 1 heterocycles. The Hall–Kier alpha value is -2.37. The molecule has 0 radical (unpaired) electrons. The van der Waals surface area contributed by atoms with E-state index in [1.54, 1.807) is 22.9 Å². The summed E-state index contributed by atoms with van der Waals surface area (Å²) >= 11 is 0. The summed E-state index contributed by atoms with van der Waals surface area (Å²) in [6, 6.07) is 4.98. The van der Waals surface area contributed by atoms with Gasteiger partial charge in [0.1, 0.15) is 5.82 Å². The van der Waals surface area contributed by atoms with Crippen LogP contribution in [0.5, 0.6) is 0 Å². The fourth-order valence-electron chi connectivity index (χ4n) is 1.94. The maximum absolute atomic E-state index is 11.6. The van der Waals surface area contributed by atoms with Gasteiger partial charge >= 0.3 is 5.97 Å². The highest BCUT2D eigenvalue weighted by Gasteiger charge is 2.14. The molecule has 2 N–H and O–H groups in total. The van der Waals surface area contributed by atoms with Gasteiger partial charge in [-0.3, -0.25) is 0 Å². The first kappa shape index (κ1) is 14.0. The number of nitrogen functional groups attached to an aromatic ring is 1. The highest BCUT2D eigenvalue weighted by Crippen LogP contribution is 2.21. The molecule has 1 aromatic carbocycles. The van der Waals surface area contributed by atoms with Crippen LogP contribution in [-0.4, -0.2) is 27.8 Å². The van der Waals surface area contributed by atoms with Crippen molar-refractivity contribution in [1.29, 1.82) is 0 Å². The first-order chi connectivity index (χ1) is 9.60. The van der Waals surface area contributed by atoms with Crippen LogP contribution in [0, 0.1) is 0 Å². The van der Waals surface area contributed by atoms with E-state index in [1.165, 1.54) is 7.11 Å². The molecule has 1 aromatic heterocycles. The van der Waals surface area contributed by atoms with Gasteiger partial charge in [-0.2, -0.15) is 5.10 Å². The second-order valence-electron chi connectivity index (χ2n) is 4.33. The minimum Gasteiger partial charge on any atom is -0.465 e. The Kier molecular flexibility index (Phi) is 4.02. The smallest absolute Gasteiger partial charge is 0.337 e. The number of nitrogens with two attached hydrogens (primary N) is 1. The molecule has 0 fully saturated rings. The lowest BCUT2D eigenvalue weighted by atomic mass is 10.1. The first-order valence-corrected chi connectivity index (χ1v) is 6.53. The zero-order chi connectivity index (χ0) is 14.7. The lowest BCUT2D eigenvalue weighted by Crippen LogP contribution is -2.09. The van der Waals surface area contributed by atoms with E-state index < -0.39 is 5.97 Å². The third kappa shape index (κ3) is 2.49. The molecular weight excluding hydrogens is 256 g/mol. The number of carbonyl (C=O) groups is 1. The van der Waals surface area contributed by atoms with E-state index in [4.69, 9.17) is 10.5 Å². The topological polar surface area (TPSA) is 83.0 Å². The maximum atomic E-state index is 11.6. The Bertz CT molecular complexity index is 634. The van der Waals surface area contributed by atoms with Crippen molar-refractivity contribution in [3.05, 3.63) is 35.4 Å². The number of benzene rings is 1. The molecule has 0 spiro atoms. The molecule has 0 saturated heterocycles. The zero-order valence-electron chi connectivity index (χ0n) is 11.9. The van der Waals surface area contributed by atoms with E-state index in [0.717, 1.165) is 24.5 Å². The quantitative estimate of drug-likeness (QED) is 0.678. The lowest BCUT2D eigenvalue weighted by Gasteiger charge is -2.09. The van der Waals surface area contributed by atoms with Crippen molar-refractivity contribution in [2.45, 2.75) is 26.7 Å². The second-order valence-corrected chi connectivity index (χ2v) is 4.33. The number of anilines is 1. The van der Waals surface area contributed by atoms with Gasteiger partial charge in [0.25, 0.3) is 0 Å². The van der Waals surface area contributed by atoms with Crippen molar-refractivity contribution in [2.24, 2.45) is 0 Å². The summed E-state index contributed by atoms with van der Waals surface area (Å²) in [5, 5.41) is 4.43. The molecule has 0 aliphatic carbocycles. The van der Waals surface area contributed by atoms with E-state index in [9.17, 15) is 4.79 Å². The molecule has 0 saturated carbocycles. The number of aryl methyl sites for hydroxylation is 2. The van der Waals surface area contributed by atoms with E-state index in [2.05, 4.69) is 10.1 Å². The molecule has 106 valence electrons. The summed E-state index contributed by atoms with van der Waals surface area (Å²) in [7, 11) is 1.35. The predicted molar refractivity (Wildman–Crippen MR) is 75.9 cm³/mol. The van der Waals surface area contributed by atoms with Gasteiger partial charge in [0.05, 0.1) is 24.0 Å². The fraction of sp³-hybridized carbons (Fsp3) is 0.357. The highest BCUT2D eigenvalue weighted by atomic mass is 16.5. The molecule has 2 rings (SSSR count). The van der Waals surface area contributed by atoms with Crippen LogP contribution >= 0.6 is 0 Å². The molecule has 6 heteroatoms. The standard InChI is InChI=1S/C14H18N4O2/c1-4-12-16-13(5-2)18(17-12)11-8-9(14(19)20-3)6-7-10(11)15/h6-8H,4-5,15H2,1-3H3. The predicted octanol–water partition coefficient (Wildman–Crippen LogP) is 1.76. The minimum atomic E-state index is -0.403. The van der Waals surface area contributed by atoms with Gasteiger partial charge in [0.2, 0.25) is 0 Å². The van der Waals surface area contributed by atoms with Gasteiger partial charge in [-0.05, 0) is 18.2 Å². The van der Waals surface area contributed by atoms with Gasteiger partial charge in [-0.1, -0.05) is 13.8 Å². The number of nitrogens with zero attached hydrogens (tertiary/aromatic N) is 3. The minimum absolute atomic E-state index is 0.403. The Labute approximate surface area is 117 Å². The normalized spacial score (nSPS) is 10.6. The van der Waals surface area contributed by atoms with Crippen LogP contribution in [-0.2, 0) is 17.6 Å². The van der Waals surface area contributed by atoms with Crippen LogP contribution in [0.25, 0.3) is 5.69 Å². The van der Waals surface area contributed by atoms with E-state index in [-0.39, 0.29) is 0 Å². The first-order valence-electron chi connectivity index (χ1n) is 6.53. The molecule has 0 amide bonds. The molecule has 6 nitrogen and oxygen atoms in total. The second kappa shape index (κ2) is 5.73. The van der Waals surface area contributed by atoms with Crippen LogP contribution < -0.4 is 5.73 Å². The number of esters is 1. The summed E-state index contributed by atoms with van der Waals surface area (Å²) in [4.78, 5) is 16.1. The number of carbonyl (C=O) groups excluding carboxylic acids is 1. The molecule has 2 aromatic rings. The molecule has 20 heavy (non-hydrogen) atoms. The Balaban J connectivity index is 2.56. The SMILES string of the molecule is CCc1nc(CC)n(-c2cc(C(=O)OC)ccc2N)n1. The Morgan fingerprint density at radius 3 is 2.70 bits per heavy atom. The summed E-state index contributed by atoms with van der Waals surface area (Å²) in [6.45, 7) is 3.99. The molecular formula is C14H18N4O2. The number of hydrogen-bond acceptors (Lipinski definition) is 5. The van der Waals surface area contributed by atoms with Crippen molar-refractivity contribution in [3.63, 3.8) is 0 Å². The Morgan fingerprint density at radius 2 is 2.10 bits per heavy atom. The summed E-state index contributed by atoms with van der Waals surface area (Å²) in [5.41, 5.74) is 7.63. The van der Waals surface area contributed by atoms with Crippen LogP contribution in [0.1, 0.15) is 35.9 Å². The zero-order valence-corrected chi connectivity index (χ0v) is 11.9. The molecule has 0 bridgehead atoms. The van der Waals surface area contributed by atoms with Crippen molar-refractivity contribution in [1.82, 2.24) is 14.8 Å². The lowest BCUT2D eigenvalue weighted by molar-refractivity contribution is 0.0600. The molecule has 0 aliphatic heterocycles. The number of ether oxygens (including phenoxy) is 1. The van der Waals surface area contributed by atoms with Gasteiger partial charge in [0.15, 0.2) is 5.82 Å². The van der Waals surface area contributed by atoms with E-state index >= 15 is 0 Å². The largest absolute Gasteiger partial charge is 0.465 e. The number of rotatable bonds is 4. The average Bonchev–Trinajstić information content (AvgIpc) is 2.90. The molecule has 0 aliphatic rings. The third-order valence-electron chi connectivity index (χ3n) is 3.03. The third-order valence-corrected chi connectivity index (χ3v) is 3.03. The summed E-state index contributed by atoms with van der Waals surface area (Å²) < 4.78 is 6.42. The average molecular weight is 274 g/mol.